The second-order valence-electron chi connectivity index (χ2n) is 5.40. The number of likely N-dealkylation sites (N-methyl/N-ethyl adjacent to an activating group) is 1. The molecule has 0 saturated heterocycles. The van der Waals surface area contributed by atoms with E-state index in [2.05, 4.69) is 16.9 Å². The lowest BCUT2D eigenvalue weighted by Crippen LogP contribution is -2.28. The van der Waals surface area contributed by atoms with Crippen LogP contribution in [-0.2, 0) is 13.0 Å². The molecule has 0 bridgehead atoms. The highest BCUT2D eigenvalue weighted by atomic mass is 19.1. The fourth-order valence-corrected chi connectivity index (χ4v) is 2.68. The van der Waals surface area contributed by atoms with E-state index in [4.69, 9.17) is 0 Å². The molecule has 1 aliphatic heterocycles. The molecule has 4 heteroatoms. The maximum absolute atomic E-state index is 13.3. The Morgan fingerprint density at radius 1 is 1.10 bits per heavy atom. The third kappa shape index (κ3) is 2.43. The molecule has 0 amide bonds. The number of aromatic nitrogens is 1. The minimum absolute atomic E-state index is 0.493. The van der Waals surface area contributed by atoms with Gasteiger partial charge in [0.05, 0.1) is 5.69 Å². The lowest BCUT2D eigenvalue weighted by atomic mass is 9.98. The first-order valence-corrected chi connectivity index (χ1v) is 6.67. The summed E-state index contributed by atoms with van der Waals surface area (Å²) < 4.78 is 26.7. The summed E-state index contributed by atoms with van der Waals surface area (Å²) in [5.74, 6) is -1.14. The van der Waals surface area contributed by atoms with Gasteiger partial charge < -0.3 is 4.90 Å². The molecule has 104 valence electrons. The summed E-state index contributed by atoms with van der Waals surface area (Å²) in [7, 11) is 2.08. The second kappa shape index (κ2) is 4.94. The van der Waals surface area contributed by atoms with Crippen molar-refractivity contribution in [2.45, 2.75) is 19.9 Å². The number of fused-ring (bicyclic) bond motifs is 1. The van der Waals surface area contributed by atoms with Crippen molar-refractivity contribution >= 4 is 0 Å². The number of benzene rings is 1. The van der Waals surface area contributed by atoms with Crippen molar-refractivity contribution in [3.63, 3.8) is 0 Å². The average Bonchev–Trinajstić information content (AvgIpc) is 2.38. The van der Waals surface area contributed by atoms with Crippen molar-refractivity contribution in [3.05, 3.63) is 52.7 Å². The number of nitrogens with zero attached hydrogens (tertiary/aromatic N) is 2. The van der Waals surface area contributed by atoms with E-state index in [-0.39, 0.29) is 0 Å². The average molecular weight is 274 g/mol. The summed E-state index contributed by atoms with van der Waals surface area (Å²) >= 11 is 0. The Labute approximate surface area is 117 Å². The number of hydrogen-bond acceptors (Lipinski definition) is 2. The van der Waals surface area contributed by atoms with Crippen LogP contribution in [0.25, 0.3) is 11.3 Å². The molecule has 2 heterocycles. The van der Waals surface area contributed by atoms with Crippen molar-refractivity contribution in [2.24, 2.45) is 0 Å². The Bertz CT molecular complexity index is 648. The molecule has 0 fully saturated rings. The highest BCUT2D eigenvalue weighted by molar-refractivity contribution is 5.61. The summed E-state index contributed by atoms with van der Waals surface area (Å²) in [5, 5.41) is 0. The fourth-order valence-electron chi connectivity index (χ4n) is 2.68. The first-order valence-electron chi connectivity index (χ1n) is 6.67. The van der Waals surface area contributed by atoms with Crippen LogP contribution in [0.1, 0.15) is 16.8 Å². The largest absolute Gasteiger partial charge is 0.302 e. The molecule has 2 nitrogen and oxygen atoms in total. The van der Waals surface area contributed by atoms with Crippen LogP contribution in [-0.4, -0.2) is 23.5 Å². The first kappa shape index (κ1) is 13.2. The van der Waals surface area contributed by atoms with Crippen molar-refractivity contribution in [1.82, 2.24) is 9.88 Å². The molecule has 0 atom stereocenters. The summed E-state index contributed by atoms with van der Waals surface area (Å²) in [6.07, 6.45) is 0.873. The lowest BCUT2D eigenvalue weighted by molar-refractivity contribution is 0.309. The van der Waals surface area contributed by atoms with Gasteiger partial charge in [0.2, 0.25) is 0 Å². The minimum atomic E-state index is -0.572. The number of rotatable bonds is 1. The Morgan fingerprint density at radius 3 is 2.50 bits per heavy atom. The normalized spacial score (nSPS) is 15.2. The topological polar surface area (TPSA) is 16.1 Å². The van der Waals surface area contributed by atoms with Crippen LogP contribution in [0, 0.1) is 18.6 Å². The molecule has 0 saturated carbocycles. The number of hydrogen-bond donors (Lipinski definition) is 0. The molecule has 1 aliphatic rings. The molecule has 3 rings (SSSR count). The number of pyridine rings is 1. The zero-order chi connectivity index (χ0) is 14.3. The smallest absolute Gasteiger partial charge is 0.126 e. The molecule has 0 radical (unpaired) electrons. The van der Waals surface area contributed by atoms with Crippen LogP contribution in [0.4, 0.5) is 8.78 Å². The van der Waals surface area contributed by atoms with Gasteiger partial charge in [0.1, 0.15) is 11.6 Å². The van der Waals surface area contributed by atoms with Crippen LogP contribution < -0.4 is 0 Å². The fraction of sp³-hybridized carbons (Fsp3) is 0.312. The van der Waals surface area contributed by atoms with E-state index in [0.717, 1.165) is 36.8 Å². The zero-order valence-corrected chi connectivity index (χ0v) is 11.6. The summed E-state index contributed by atoms with van der Waals surface area (Å²) in [6, 6.07) is 5.44. The molecule has 20 heavy (non-hydrogen) atoms. The minimum Gasteiger partial charge on any atom is -0.302 e. The molecule has 0 aliphatic carbocycles. The number of halogens is 2. The van der Waals surface area contributed by atoms with E-state index in [1.54, 1.807) is 0 Å². The van der Waals surface area contributed by atoms with Crippen molar-refractivity contribution in [3.8, 4) is 11.3 Å². The Balaban J connectivity index is 2.09. The predicted molar refractivity (Wildman–Crippen MR) is 74.4 cm³/mol. The van der Waals surface area contributed by atoms with Crippen LogP contribution in [0.2, 0.25) is 0 Å². The Kier molecular flexibility index (Phi) is 3.26. The summed E-state index contributed by atoms with van der Waals surface area (Å²) in [5.41, 5.74) is 4.54. The van der Waals surface area contributed by atoms with Gasteiger partial charge >= 0.3 is 0 Å². The standard InChI is InChI=1S/C16H16F2N2/c1-10-5-16(11-6-12(17)8-13(18)7-11)19-15-3-4-20(2)9-14(10)15/h5-8H,3-4,9H2,1-2H3. The van der Waals surface area contributed by atoms with Crippen LogP contribution in [0.3, 0.4) is 0 Å². The van der Waals surface area contributed by atoms with E-state index < -0.39 is 11.6 Å². The molecule has 0 N–H and O–H groups in total. The molecular formula is C16H16F2N2. The summed E-state index contributed by atoms with van der Waals surface area (Å²) in [6.45, 7) is 3.87. The van der Waals surface area contributed by atoms with Crippen LogP contribution in [0.15, 0.2) is 24.3 Å². The van der Waals surface area contributed by atoms with Crippen molar-refractivity contribution in [2.75, 3.05) is 13.6 Å². The SMILES string of the molecule is Cc1cc(-c2cc(F)cc(F)c2)nc2c1CN(C)CC2. The van der Waals surface area contributed by atoms with Gasteiger partial charge in [0.15, 0.2) is 0 Å². The van der Waals surface area contributed by atoms with E-state index in [0.29, 0.717) is 11.3 Å². The number of aryl methyl sites for hydroxylation is 1. The van der Waals surface area contributed by atoms with E-state index in [9.17, 15) is 8.78 Å². The molecule has 2 aromatic rings. The maximum atomic E-state index is 13.3. The Hall–Kier alpha value is -1.81. The van der Waals surface area contributed by atoms with Crippen LogP contribution in [0.5, 0.6) is 0 Å². The molecule has 0 unspecified atom stereocenters. The predicted octanol–water partition coefficient (Wildman–Crippen LogP) is 3.32. The third-order valence-electron chi connectivity index (χ3n) is 3.75. The van der Waals surface area contributed by atoms with E-state index in [1.807, 2.05) is 13.0 Å². The van der Waals surface area contributed by atoms with Crippen molar-refractivity contribution < 1.29 is 8.78 Å². The van der Waals surface area contributed by atoms with Crippen LogP contribution >= 0.6 is 0 Å². The van der Waals surface area contributed by atoms with Gasteiger partial charge in [0, 0.05) is 36.8 Å². The maximum Gasteiger partial charge on any atom is 0.126 e. The van der Waals surface area contributed by atoms with Gasteiger partial charge in [-0.2, -0.15) is 0 Å². The lowest BCUT2D eigenvalue weighted by Gasteiger charge is -2.26. The van der Waals surface area contributed by atoms with Gasteiger partial charge in [0.25, 0.3) is 0 Å². The van der Waals surface area contributed by atoms with Gasteiger partial charge in [-0.3, -0.25) is 4.98 Å². The Morgan fingerprint density at radius 2 is 1.80 bits per heavy atom. The quantitative estimate of drug-likeness (QED) is 0.793. The third-order valence-corrected chi connectivity index (χ3v) is 3.75. The first-order chi connectivity index (χ1) is 9.52. The molecule has 1 aromatic carbocycles. The van der Waals surface area contributed by atoms with Gasteiger partial charge in [-0.1, -0.05) is 0 Å². The molecular weight excluding hydrogens is 258 g/mol. The van der Waals surface area contributed by atoms with Gasteiger partial charge in [-0.05, 0) is 43.3 Å². The zero-order valence-electron chi connectivity index (χ0n) is 11.6. The molecule has 0 spiro atoms. The van der Waals surface area contributed by atoms with E-state index in [1.165, 1.54) is 17.7 Å². The second-order valence-corrected chi connectivity index (χ2v) is 5.40. The van der Waals surface area contributed by atoms with Gasteiger partial charge in [-0.25, -0.2) is 8.78 Å². The van der Waals surface area contributed by atoms with Gasteiger partial charge in [-0.15, -0.1) is 0 Å². The van der Waals surface area contributed by atoms with Crippen molar-refractivity contribution in [1.29, 1.82) is 0 Å². The highest BCUT2D eigenvalue weighted by Gasteiger charge is 2.18. The summed E-state index contributed by atoms with van der Waals surface area (Å²) in [4.78, 5) is 6.85. The highest BCUT2D eigenvalue weighted by Crippen LogP contribution is 2.26. The van der Waals surface area contributed by atoms with E-state index >= 15 is 0 Å². The molecule has 1 aromatic heterocycles. The monoisotopic (exact) mass is 274 g/mol.